The first-order chi connectivity index (χ1) is 6.70. The Morgan fingerprint density at radius 2 is 2.14 bits per heavy atom. The Labute approximate surface area is 80.7 Å². The van der Waals surface area contributed by atoms with Gasteiger partial charge in [0.2, 0.25) is 6.17 Å². The minimum Gasteiger partial charge on any atom is -0.479 e. The van der Waals surface area contributed by atoms with E-state index in [1.165, 1.54) is 0 Å². The number of fused-ring (bicyclic) bond motifs is 1. The van der Waals surface area contributed by atoms with E-state index >= 15 is 0 Å². The lowest BCUT2D eigenvalue weighted by atomic mass is 9.96. The summed E-state index contributed by atoms with van der Waals surface area (Å²) in [5.41, 5.74) is 1.66. The van der Waals surface area contributed by atoms with Crippen LogP contribution in [0.3, 0.4) is 0 Å². The number of carboxylic acids is 1. The van der Waals surface area contributed by atoms with Crippen molar-refractivity contribution in [1.29, 1.82) is 0 Å². The van der Waals surface area contributed by atoms with Crippen LogP contribution in [-0.4, -0.2) is 17.2 Å². The van der Waals surface area contributed by atoms with Crippen LogP contribution in [-0.2, 0) is 4.79 Å². The van der Waals surface area contributed by atoms with Gasteiger partial charge in [0.25, 0.3) is 0 Å². The number of hydrogen-bond acceptors (Lipinski definition) is 1. The van der Waals surface area contributed by atoms with Gasteiger partial charge in [-0.1, -0.05) is 36.4 Å². The van der Waals surface area contributed by atoms with E-state index in [-0.39, 0.29) is 0 Å². The molecule has 0 aromatic heterocycles. The first-order valence-corrected chi connectivity index (χ1v) is 4.34. The first-order valence-electron chi connectivity index (χ1n) is 4.34. The number of halogens is 1. The minimum atomic E-state index is -1.85. The molecule has 2 atom stereocenters. The lowest BCUT2D eigenvalue weighted by Crippen LogP contribution is -2.21. The highest BCUT2D eigenvalue weighted by atomic mass is 19.1. The maximum absolute atomic E-state index is 13.3. The van der Waals surface area contributed by atoms with Crippen molar-refractivity contribution >= 4 is 12.0 Å². The molecular weight excluding hydrogens is 183 g/mol. The lowest BCUT2D eigenvalue weighted by molar-refractivity contribution is -0.143. The molecule has 2 rings (SSSR count). The summed E-state index contributed by atoms with van der Waals surface area (Å²) in [4.78, 5) is 10.5. The number of alkyl halides is 1. The SMILES string of the molecule is O=C(O)C(F)C1C=Cc2ccccc21. The minimum absolute atomic E-state index is 0.635. The molecule has 0 bridgehead atoms. The third-order valence-electron chi connectivity index (χ3n) is 2.39. The van der Waals surface area contributed by atoms with Crippen molar-refractivity contribution in [3.8, 4) is 0 Å². The van der Waals surface area contributed by atoms with E-state index in [4.69, 9.17) is 5.11 Å². The fourth-order valence-electron chi connectivity index (χ4n) is 1.69. The molecule has 0 fully saturated rings. The predicted molar refractivity (Wildman–Crippen MR) is 50.7 cm³/mol. The van der Waals surface area contributed by atoms with Crippen LogP contribution >= 0.6 is 0 Å². The van der Waals surface area contributed by atoms with Gasteiger partial charge in [-0.2, -0.15) is 0 Å². The summed E-state index contributed by atoms with van der Waals surface area (Å²) in [5, 5.41) is 8.56. The number of rotatable bonds is 2. The van der Waals surface area contributed by atoms with Crippen LogP contribution in [0.4, 0.5) is 4.39 Å². The fourth-order valence-corrected chi connectivity index (χ4v) is 1.69. The second kappa shape index (κ2) is 3.25. The zero-order chi connectivity index (χ0) is 10.1. The zero-order valence-electron chi connectivity index (χ0n) is 7.35. The molecule has 0 aliphatic heterocycles. The van der Waals surface area contributed by atoms with Crippen LogP contribution < -0.4 is 0 Å². The summed E-state index contributed by atoms with van der Waals surface area (Å²) in [6.07, 6.45) is 1.51. The molecule has 1 N–H and O–H groups in total. The molecule has 0 spiro atoms. The van der Waals surface area contributed by atoms with Crippen molar-refractivity contribution in [2.75, 3.05) is 0 Å². The highest BCUT2D eigenvalue weighted by molar-refractivity contribution is 5.77. The average Bonchev–Trinajstić information content (AvgIpc) is 2.60. The summed E-state index contributed by atoms with van der Waals surface area (Å²) in [7, 11) is 0. The van der Waals surface area contributed by atoms with Gasteiger partial charge in [-0.05, 0) is 11.1 Å². The maximum Gasteiger partial charge on any atom is 0.339 e. The Morgan fingerprint density at radius 3 is 2.86 bits per heavy atom. The van der Waals surface area contributed by atoms with Crippen LogP contribution in [0.25, 0.3) is 6.08 Å². The van der Waals surface area contributed by atoms with Crippen LogP contribution in [0.5, 0.6) is 0 Å². The van der Waals surface area contributed by atoms with Gasteiger partial charge in [0.05, 0.1) is 0 Å². The van der Waals surface area contributed by atoms with E-state index in [0.29, 0.717) is 0 Å². The van der Waals surface area contributed by atoms with Crippen molar-refractivity contribution in [2.24, 2.45) is 0 Å². The van der Waals surface area contributed by atoms with Crippen LogP contribution in [0, 0.1) is 0 Å². The molecule has 2 unspecified atom stereocenters. The average molecular weight is 192 g/mol. The largest absolute Gasteiger partial charge is 0.479 e. The summed E-state index contributed by atoms with van der Waals surface area (Å²) in [6.45, 7) is 0. The molecule has 0 saturated carbocycles. The highest BCUT2D eigenvalue weighted by Gasteiger charge is 2.30. The van der Waals surface area contributed by atoms with Gasteiger partial charge in [-0.15, -0.1) is 0 Å². The molecule has 3 heteroatoms. The summed E-state index contributed by atoms with van der Waals surface area (Å²) in [5.74, 6) is -2.04. The van der Waals surface area contributed by atoms with Crippen LogP contribution in [0.2, 0.25) is 0 Å². The van der Waals surface area contributed by atoms with Crippen LogP contribution in [0.1, 0.15) is 17.0 Å². The standard InChI is InChI=1S/C11H9FO2/c12-10(11(13)14)9-6-5-7-3-1-2-4-8(7)9/h1-6,9-10H,(H,13,14). The van der Waals surface area contributed by atoms with E-state index in [0.717, 1.165) is 11.1 Å². The van der Waals surface area contributed by atoms with Crippen molar-refractivity contribution in [3.63, 3.8) is 0 Å². The van der Waals surface area contributed by atoms with E-state index in [1.54, 1.807) is 24.3 Å². The van der Waals surface area contributed by atoms with E-state index in [2.05, 4.69) is 0 Å². The van der Waals surface area contributed by atoms with Crippen molar-refractivity contribution in [2.45, 2.75) is 12.1 Å². The number of hydrogen-bond donors (Lipinski definition) is 1. The van der Waals surface area contributed by atoms with Crippen molar-refractivity contribution in [1.82, 2.24) is 0 Å². The monoisotopic (exact) mass is 192 g/mol. The van der Waals surface area contributed by atoms with Crippen molar-refractivity contribution in [3.05, 3.63) is 41.5 Å². The lowest BCUT2D eigenvalue weighted by Gasteiger charge is -2.11. The Bertz CT molecular complexity index is 398. The molecule has 0 amide bonds. The molecule has 2 nitrogen and oxygen atoms in total. The van der Waals surface area contributed by atoms with E-state index in [9.17, 15) is 9.18 Å². The molecule has 1 aromatic rings. The fraction of sp³-hybridized carbons (Fsp3) is 0.182. The van der Waals surface area contributed by atoms with Gasteiger partial charge in [0, 0.05) is 5.92 Å². The smallest absolute Gasteiger partial charge is 0.339 e. The topological polar surface area (TPSA) is 37.3 Å². The van der Waals surface area contributed by atoms with Gasteiger partial charge >= 0.3 is 5.97 Å². The number of allylic oxidation sites excluding steroid dienone is 1. The van der Waals surface area contributed by atoms with E-state index in [1.807, 2.05) is 12.1 Å². The summed E-state index contributed by atoms with van der Waals surface area (Å²) >= 11 is 0. The van der Waals surface area contributed by atoms with E-state index < -0.39 is 18.1 Å². The number of carboxylic acid groups (broad SMARTS) is 1. The summed E-state index contributed by atoms with van der Waals surface area (Å²) < 4.78 is 13.3. The molecule has 14 heavy (non-hydrogen) atoms. The third kappa shape index (κ3) is 1.31. The molecular formula is C11H9FO2. The highest BCUT2D eigenvalue weighted by Crippen LogP contribution is 2.33. The Hall–Kier alpha value is -1.64. The molecule has 0 saturated heterocycles. The van der Waals surface area contributed by atoms with Gasteiger partial charge < -0.3 is 5.11 Å². The van der Waals surface area contributed by atoms with Gasteiger partial charge in [0.1, 0.15) is 0 Å². The second-order valence-corrected chi connectivity index (χ2v) is 3.25. The Morgan fingerprint density at radius 1 is 1.43 bits per heavy atom. The molecule has 1 aliphatic rings. The Kier molecular flexibility index (Phi) is 2.08. The zero-order valence-corrected chi connectivity index (χ0v) is 7.35. The van der Waals surface area contributed by atoms with Gasteiger partial charge in [-0.25, -0.2) is 9.18 Å². The molecule has 72 valence electrons. The summed E-state index contributed by atoms with van der Waals surface area (Å²) in [6, 6.07) is 7.24. The maximum atomic E-state index is 13.3. The normalized spacial score (nSPS) is 20.5. The molecule has 1 aromatic carbocycles. The molecule has 0 heterocycles. The first kappa shape index (κ1) is 8.94. The predicted octanol–water partition coefficient (Wildman–Crippen LogP) is 2.22. The number of aliphatic carboxylic acids is 1. The number of benzene rings is 1. The number of carbonyl (C=O) groups is 1. The Balaban J connectivity index is 2.35. The van der Waals surface area contributed by atoms with Crippen LogP contribution in [0.15, 0.2) is 30.3 Å². The van der Waals surface area contributed by atoms with Gasteiger partial charge in [-0.3, -0.25) is 0 Å². The molecule has 0 radical (unpaired) electrons. The quantitative estimate of drug-likeness (QED) is 0.780. The van der Waals surface area contributed by atoms with Gasteiger partial charge in [0.15, 0.2) is 0 Å². The molecule has 1 aliphatic carbocycles. The second-order valence-electron chi connectivity index (χ2n) is 3.25. The third-order valence-corrected chi connectivity index (χ3v) is 2.39. The van der Waals surface area contributed by atoms with Crippen molar-refractivity contribution < 1.29 is 14.3 Å².